The van der Waals surface area contributed by atoms with E-state index in [0.717, 1.165) is 37.4 Å². The van der Waals surface area contributed by atoms with Crippen molar-refractivity contribution < 1.29 is 0 Å². The molecule has 138 valence electrons. The summed E-state index contributed by atoms with van der Waals surface area (Å²) in [6.07, 6.45) is 8.65. The lowest BCUT2D eigenvalue weighted by Crippen LogP contribution is -2.32. The molecule has 1 aliphatic rings. The molecule has 3 aromatic heterocycles. The van der Waals surface area contributed by atoms with E-state index in [-0.39, 0.29) is 5.56 Å². The predicted molar refractivity (Wildman–Crippen MR) is 105 cm³/mol. The summed E-state index contributed by atoms with van der Waals surface area (Å²) in [6, 6.07) is 3.77. The molecule has 0 aromatic carbocycles. The van der Waals surface area contributed by atoms with E-state index in [1.165, 1.54) is 11.1 Å². The minimum atomic E-state index is -0.141. The summed E-state index contributed by atoms with van der Waals surface area (Å²) >= 11 is 0. The van der Waals surface area contributed by atoms with Gasteiger partial charge in [-0.3, -0.25) is 14.3 Å². The van der Waals surface area contributed by atoms with Gasteiger partial charge in [0.25, 0.3) is 5.56 Å². The molecular weight excluding hydrogens is 340 g/mol. The molecule has 3 aromatic rings. The number of anilines is 1. The van der Waals surface area contributed by atoms with Crippen LogP contribution in [-0.2, 0) is 13.1 Å². The standard InChI is InChI=1S/C20H22N6O/c1-2-3-13-25-18-17(23-20(25)24-11-5-4-6-12-24)14-22-26(19(18)27)15-16-7-9-21-10-8-16/h7-10,14H,4-6,11-13,15H2,1H3. The highest BCUT2D eigenvalue weighted by molar-refractivity contribution is 5.77. The number of imidazole rings is 1. The van der Waals surface area contributed by atoms with Crippen LogP contribution in [0.5, 0.6) is 0 Å². The molecule has 27 heavy (non-hydrogen) atoms. The molecule has 0 saturated carbocycles. The molecule has 0 unspecified atom stereocenters. The monoisotopic (exact) mass is 362 g/mol. The van der Waals surface area contributed by atoms with Crippen molar-refractivity contribution in [1.82, 2.24) is 24.3 Å². The van der Waals surface area contributed by atoms with Crippen LogP contribution in [0.15, 0.2) is 35.5 Å². The van der Waals surface area contributed by atoms with Crippen LogP contribution in [0.4, 0.5) is 5.95 Å². The molecule has 0 bridgehead atoms. The fraction of sp³-hybridized carbons (Fsp3) is 0.400. The lowest BCUT2D eigenvalue weighted by molar-refractivity contribution is 0.561. The largest absolute Gasteiger partial charge is 0.342 e. The Morgan fingerprint density at radius 2 is 1.93 bits per heavy atom. The average molecular weight is 362 g/mol. The van der Waals surface area contributed by atoms with Crippen molar-refractivity contribution in [3.05, 3.63) is 46.6 Å². The summed E-state index contributed by atoms with van der Waals surface area (Å²) in [5.74, 6) is 6.84. The van der Waals surface area contributed by atoms with Gasteiger partial charge in [-0.15, -0.1) is 5.92 Å². The molecule has 0 atom stereocenters. The first-order valence-electron chi connectivity index (χ1n) is 9.28. The average Bonchev–Trinajstić information content (AvgIpc) is 3.09. The van der Waals surface area contributed by atoms with Crippen LogP contribution in [-0.4, -0.2) is 37.4 Å². The van der Waals surface area contributed by atoms with Gasteiger partial charge in [0.2, 0.25) is 5.95 Å². The van der Waals surface area contributed by atoms with Crippen LogP contribution in [0.25, 0.3) is 11.0 Å². The molecular formula is C20H22N6O. The van der Waals surface area contributed by atoms with Crippen molar-refractivity contribution in [3.8, 4) is 11.8 Å². The van der Waals surface area contributed by atoms with Crippen molar-refractivity contribution >= 4 is 17.0 Å². The van der Waals surface area contributed by atoms with Gasteiger partial charge in [0, 0.05) is 25.5 Å². The molecule has 0 N–H and O–H groups in total. The molecule has 0 aliphatic carbocycles. The van der Waals surface area contributed by atoms with Crippen molar-refractivity contribution in [3.63, 3.8) is 0 Å². The highest BCUT2D eigenvalue weighted by Gasteiger charge is 2.21. The maximum Gasteiger partial charge on any atom is 0.293 e. The van der Waals surface area contributed by atoms with Gasteiger partial charge in [-0.25, -0.2) is 9.67 Å². The third-order valence-corrected chi connectivity index (χ3v) is 4.87. The Labute approximate surface area is 157 Å². The van der Waals surface area contributed by atoms with Crippen molar-refractivity contribution in [1.29, 1.82) is 0 Å². The van der Waals surface area contributed by atoms with E-state index in [1.54, 1.807) is 18.6 Å². The molecule has 7 nitrogen and oxygen atoms in total. The van der Waals surface area contributed by atoms with E-state index in [9.17, 15) is 4.79 Å². The van der Waals surface area contributed by atoms with Crippen LogP contribution in [0.1, 0.15) is 31.7 Å². The maximum absolute atomic E-state index is 13.2. The lowest BCUT2D eigenvalue weighted by Gasteiger charge is -2.27. The lowest BCUT2D eigenvalue weighted by atomic mass is 10.1. The highest BCUT2D eigenvalue weighted by Crippen LogP contribution is 2.23. The zero-order valence-corrected chi connectivity index (χ0v) is 15.4. The van der Waals surface area contributed by atoms with E-state index >= 15 is 0 Å². The highest BCUT2D eigenvalue weighted by atomic mass is 16.1. The van der Waals surface area contributed by atoms with Crippen LogP contribution >= 0.6 is 0 Å². The predicted octanol–water partition coefficient (Wildman–Crippen LogP) is 2.05. The Hall–Kier alpha value is -3.14. The van der Waals surface area contributed by atoms with Gasteiger partial charge in [-0.1, -0.05) is 5.92 Å². The number of rotatable bonds is 4. The van der Waals surface area contributed by atoms with E-state index in [2.05, 4.69) is 26.8 Å². The summed E-state index contributed by atoms with van der Waals surface area (Å²) in [5, 5.41) is 4.33. The smallest absolute Gasteiger partial charge is 0.293 e. The number of pyridine rings is 1. The van der Waals surface area contributed by atoms with Crippen molar-refractivity contribution in [2.75, 3.05) is 18.0 Å². The summed E-state index contributed by atoms with van der Waals surface area (Å²) in [7, 11) is 0. The van der Waals surface area contributed by atoms with Crippen LogP contribution in [0.2, 0.25) is 0 Å². The fourth-order valence-corrected chi connectivity index (χ4v) is 3.49. The number of fused-ring (bicyclic) bond motifs is 1. The number of piperidine rings is 1. The van der Waals surface area contributed by atoms with Crippen molar-refractivity contribution in [2.45, 2.75) is 39.3 Å². The Balaban J connectivity index is 1.81. The van der Waals surface area contributed by atoms with Crippen molar-refractivity contribution in [2.24, 2.45) is 0 Å². The Morgan fingerprint density at radius 3 is 2.67 bits per heavy atom. The summed E-state index contributed by atoms with van der Waals surface area (Å²) < 4.78 is 3.43. The van der Waals surface area contributed by atoms with E-state index in [4.69, 9.17) is 4.98 Å². The molecule has 4 heterocycles. The molecule has 1 fully saturated rings. The molecule has 1 aliphatic heterocycles. The Morgan fingerprint density at radius 1 is 1.15 bits per heavy atom. The van der Waals surface area contributed by atoms with Gasteiger partial charge in [0.15, 0.2) is 0 Å². The second kappa shape index (κ2) is 7.62. The Kier molecular flexibility index (Phi) is 4.88. The third-order valence-electron chi connectivity index (χ3n) is 4.87. The zero-order chi connectivity index (χ0) is 18.6. The molecule has 0 spiro atoms. The fourth-order valence-electron chi connectivity index (χ4n) is 3.49. The van der Waals surface area contributed by atoms with Crippen LogP contribution < -0.4 is 10.5 Å². The quantitative estimate of drug-likeness (QED) is 0.665. The molecule has 4 rings (SSSR count). The zero-order valence-electron chi connectivity index (χ0n) is 15.4. The van der Waals surface area contributed by atoms with Gasteiger partial charge < -0.3 is 4.90 Å². The molecule has 7 heteroatoms. The minimum Gasteiger partial charge on any atom is -0.342 e. The van der Waals surface area contributed by atoms with Crippen LogP contribution in [0, 0.1) is 11.8 Å². The second-order valence-corrected chi connectivity index (χ2v) is 6.67. The van der Waals surface area contributed by atoms with Gasteiger partial charge in [-0.2, -0.15) is 5.10 Å². The van der Waals surface area contributed by atoms with E-state index < -0.39 is 0 Å². The second-order valence-electron chi connectivity index (χ2n) is 6.67. The van der Waals surface area contributed by atoms with Gasteiger partial charge in [0.05, 0.1) is 19.3 Å². The first-order chi connectivity index (χ1) is 13.3. The van der Waals surface area contributed by atoms with E-state index in [0.29, 0.717) is 24.1 Å². The maximum atomic E-state index is 13.2. The molecule has 0 radical (unpaired) electrons. The van der Waals surface area contributed by atoms with Gasteiger partial charge >= 0.3 is 0 Å². The normalized spacial score (nSPS) is 14.2. The van der Waals surface area contributed by atoms with Gasteiger partial charge in [0.1, 0.15) is 11.0 Å². The summed E-state index contributed by atoms with van der Waals surface area (Å²) in [6.45, 7) is 4.58. The first kappa shape index (κ1) is 17.3. The molecule has 0 amide bonds. The SMILES string of the molecule is CC#CCn1c(N2CCCCC2)nc2cnn(Cc3ccncc3)c(=O)c21. The number of hydrogen-bond donors (Lipinski definition) is 0. The van der Waals surface area contributed by atoms with Gasteiger partial charge in [-0.05, 0) is 43.9 Å². The summed E-state index contributed by atoms with van der Waals surface area (Å²) in [5.41, 5.74) is 2.04. The number of aromatic nitrogens is 5. The minimum absolute atomic E-state index is 0.141. The van der Waals surface area contributed by atoms with Crippen LogP contribution in [0.3, 0.4) is 0 Å². The Bertz CT molecular complexity index is 1050. The third kappa shape index (κ3) is 3.43. The van der Waals surface area contributed by atoms with E-state index in [1.807, 2.05) is 23.6 Å². The summed E-state index contributed by atoms with van der Waals surface area (Å²) in [4.78, 5) is 24.2. The molecule has 1 saturated heterocycles. The number of hydrogen-bond acceptors (Lipinski definition) is 5. The first-order valence-corrected chi connectivity index (χ1v) is 9.28. The topological polar surface area (TPSA) is 68.8 Å². The number of nitrogens with zero attached hydrogens (tertiary/aromatic N) is 6.